The van der Waals surface area contributed by atoms with Gasteiger partial charge in [0.05, 0.1) is 24.3 Å². The van der Waals surface area contributed by atoms with Gasteiger partial charge in [-0.25, -0.2) is 5.01 Å². The van der Waals surface area contributed by atoms with Crippen LogP contribution < -0.4 is 37.4 Å². The highest BCUT2D eigenvalue weighted by Crippen LogP contribution is 2.31. The number of nitrogens with one attached hydrogen (secondary N) is 2. The zero-order valence-electron chi connectivity index (χ0n) is 21.0. The molecule has 35 heavy (non-hydrogen) atoms. The van der Waals surface area contributed by atoms with Crippen LogP contribution in [0.2, 0.25) is 0 Å². The Balaban J connectivity index is 2.33. The number of ether oxygens (including phenoxy) is 2. The Morgan fingerprint density at radius 3 is 2.20 bits per heavy atom. The number of hydrazine groups is 1. The zero-order valence-corrected chi connectivity index (χ0v) is 21.0. The van der Waals surface area contributed by atoms with Gasteiger partial charge in [-0.3, -0.25) is 20.0 Å². The van der Waals surface area contributed by atoms with Crippen LogP contribution in [0.15, 0.2) is 17.1 Å². The predicted octanol–water partition coefficient (Wildman–Crippen LogP) is 1.12. The van der Waals surface area contributed by atoms with E-state index in [9.17, 15) is 9.59 Å². The van der Waals surface area contributed by atoms with Crippen LogP contribution in [0.5, 0.6) is 11.5 Å². The van der Waals surface area contributed by atoms with Gasteiger partial charge < -0.3 is 32.0 Å². The fourth-order valence-corrected chi connectivity index (χ4v) is 3.81. The molecule has 0 aliphatic heterocycles. The average Bonchev–Trinajstić information content (AvgIpc) is 2.81. The predicted molar refractivity (Wildman–Crippen MR) is 137 cm³/mol. The van der Waals surface area contributed by atoms with E-state index in [4.69, 9.17) is 26.7 Å². The molecule has 1 aliphatic carbocycles. The van der Waals surface area contributed by atoms with Gasteiger partial charge in [-0.2, -0.15) is 0 Å². The Morgan fingerprint density at radius 1 is 0.971 bits per heavy atom. The summed E-state index contributed by atoms with van der Waals surface area (Å²) >= 11 is 0. The van der Waals surface area contributed by atoms with Gasteiger partial charge in [0.1, 0.15) is 11.5 Å². The minimum atomic E-state index is -0.380. The minimum Gasteiger partial charge on any atom is -0.493 e. The molecule has 0 bridgehead atoms. The summed E-state index contributed by atoms with van der Waals surface area (Å²) in [6, 6.07) is 3.27. The molecule has 1 aliphatic rings. The van der Waals surface area contributed by atoms with Gasteiger partial charge in [-0.05, 0) is 38.3 Å². The summed E-state index contributed by atoms with van der Waals surface area (Å²) in [5.74, 6) is 0.0505. The van der Waals surface area contributed by atoms with Gasteiger partial charge in [-0.15, -0.1) is 0 Å². The summed E-state index contributed by atoms with van der Waals surface area (Å²) in [5, 5.41) is 4.65. The van der Waals surface area contributed by atoms with E-state index >= 15 is 0 Å². The Bertz CT molecular complexity index is 851. The molecule has 1 fully saturated rings. The topological polar surface area (TPSA) is 170 Å². The van der Waals surface area contributed by atoms with Crippen LogP contribution in [0.4, 0.5) is 0 Å². The molecule has 0 unspecified atom stereocenters. The highest BCUT2D eigenvalue weighted by atomic mass is 16.5. The molecule has 196 valence electrons. The Labute approximate surface area is 207 Å². The van der Waals surface area contributed by atoms with E-state index in [1.807, 2.05) is 0 Å². The van der Waals surface area contributed by atoms with Crippen molar-refractivity contribution < 1.29 is 19.1 Å². The molecule has 0 atom stereocenters. The molecular weight excluding hydrogens is 450 g/mol. The average molecular weight is 492 g/mol. The van der Waals surface area contributed by atoms with Gasteiger partial charge in [0.15, 0.2) is 5.96 Å². The maximum atomic E-state index is 13.3. The summed E-state index contributed by atoms with van der Waals surface area (Å²) in [7, 11) is 3.43. The van der Waals surface area contributed by atoms with Crippen LogP contribution >= 0.6 is 0 Å². The summed E-state index contributed by atoms with van der Waals surface area (Å²) in [6.07, 6.45) is 7.33. The first-order valence-corrected chi connectivity index (χ1v) is 12.3. The number of nitrogens with zero attached hydrogens (tertiary/aromatic N) is 2. The SMILES string of the molecule is CN(C)NC(=O)c1cc(C(=O)NC2CCCCC2)c(OCCCN=C(N)N)cc1OCCCCN. The highest BCUT2D eigenvalue weighted by molar-refractivity contribution is 6.03. The van der Waals surface area contributed by atoms with E-state index < -0.39 is 0 Å². The van der Waals surface area contributed by atoms with Crippen molar-refractivity contribution in [1.29, 1.82) is 0 Å². The Morgan fingerprint density at radius 2 is 1.60 bits per heavy atom. The molecule has 11 nitrogen and oxygen atoms in total. The molecule has 1 aromatic rings. The van der Waals surface area contributed by atoms with Gasteiger partial charge >= 0.3 is 0 Å². The van der Waals surface area contributed by atoms with Gasteiger partial charge in [0.2, 0.25) is 0 Å². The number of rotatable bonds is 14. The molecule has 1 aromatic carbocycles. The normalized spacial score (nSPS) is 13.8. The van der Waals surface area contributed by atoms with Crippen LogP contribution in [-0.4, -0.2) is 69.2 Å². The third kappa shape index (κ3) is 9.99. The highest BCUT2D eigenvalue weighted by Gasteiger charge is 2.24. The van der Waals surface area contributed by atoms with Crippen molar-refractivity contribution in [2.45, 2.75) is 57.4 Å². The molecule has 2 amide bonds. The fraction of sp³-hybridized carbons (Fsp3) is 0.625. The third-order valence-corrected chi connectivity index (χ3v) is 5.55. The van der Waals surface area contributed by atoms with E-state index in [2.05, 4.69) is 15.7 Å². The molecular formula is C24H41N7O4. The van der Waals surface area contributed by atoms with Crippen LogP contribution in [0.1, 0.15) is 72.1 Å². The van der Waals surface area contributed by atoms with Crippen molar-refractivity contribution in [1.82, 2.24) is 15.8 Å². The number of nitrogens with two attached hydrogens (primary N) is 3. The van der Waals surface area contributed by atoms with Crippen molar-refractivity contribution in [2.75, 3.05) is 40.4 Å². The Kier molecular flexibility index (Phi) is 12.1. The number of guanidine groups is 1. The number of hydrogen-bond acceptors (Lipinski definition) is 7. The van der Waals surface area contributed by atoms with Crippen molar-refractivity contribution >= 4 is 17.8 Å². The molecule has 11 heteroatoms. The summed E-state index contributed by atoms with van der Waals surface area (Å²) < 4.78 is 11.9. The number of amides is 2. The molecule has 1 saturated carbocycles. The molecule has 2 rings (SSSR count). The Hall–Kier alpha value is -3.05. The number of unbranched alkanes of at least 4 members (excludes halogenated alkanes) is 1. The summed E-state index contributed by atoms with van der Waals surface area (Å²) in [4.78, 5) is 30.2. The van der Waals surface area contributed by atoms with E-state index in [1.165, 1.54) is 11.4 Å². The second kappa shape index (κ2) is 15.0. The second-order valence-electron chi connectivity index (χ2n) is 8.84. The molecule has 0 spiro atoms. The molecule has 0 saturated heterocycles. The van der Waals surface area contributed by atoms with Gasteiger partial charge in [0, 0.05) is 39.2 Å². The van der Waals surface area contributed by atoms with Crippen molar-refractivity contribution in [2.24, 2.45) is 22.2 Å². The first-order valence-electron chi connectivity index (χ1n) is 12.3. The van der Waals surface area contributed by atoms with Crippen molar-refractivity contribution in [3.8, 4) is 11.5 Å². The number of carbonyl (C=O) groups is 2. The maximum Gasteiger partial charge on any atom is 0.269 e. The van der Waals surface area contributed by atoms with Gasteiger partial charge in [-0.1, -0.05) is 19.3 Å². The van der Waals surface area contributed by atoms with E-state index in [-0.39, 0.29) is 41.5 Å². The molecule has 0 radical (unpaired) electrons. The van der Waals surface area contributed by atoms with E-state index in [0.29, 0.717) is 37.6 Å². The number of benzene rings is 1. The van der Waals surface area contributed by atoms with Crippen molar-refractivity contribution in [3.63, 3.8) is 0 Å². The van der Waals surface area contributed by atoms with Crippen LogP contribution in [0.25, 0.3) is 0 Å². The lowest BCUT2D eigenvalue weighted by Gasteiger charge is -2.24. The monoisotopic (exact) mass is 491 g/mol. The smallest absolute Gasteiger partial charge is 0.269 e. The van der Waals surface area contributed by atoms with Crippen LogP contribution in [-0.2, 0) is 0 Å². The first-order chi connectivity index (χ1) is 16.8. The molecule has 0 aromatic heterocycles. The van der Waals surface area contributed by atoms with Crippen molar-refractivity contribution in [3.05, 3.63) is 23.3 Å². The maximum absolute atomic E-state index is 13.3. The number of hydrogen-bond donors (Lipinski definition) is 5. The minimum absolute atomic E-state index is 0.0157. The quantitative estimate of drug-likeness (QED) is 0.111. The van der Waals surface area contributed by atoms with Crippen LogP contribution in [0, 0.1) is 0 Å². The van der Waals surface area contributed by atoms with Gasteiger partial charge in [0.25, 0.3) is 11.8 Å². The second-order valence-corrected chi connectivity index (χ2v) is 8.84. The third-order valence-electron chi connectivity index (χ3n) is 5.55. The molecule has 8 N–H and O–H groups in total. The lowest BCUT2D eigenvalue weighted by atomic mass is 9.95. The van der Waals surface area contributed by atoms with Crippen LogP contribution in [0.3, 0.4) is 0 Å². The largest absolute Gasteiger partial charge is 0.493 e. The fourth-order valence-electron chi connectivity index (χ4n) is 3.81. The lowest BCUT2D eigenvalue weighted by molar-refractivity contribution is 0.0852. The first kappa shape index (κ1) is 28.2. The number of carbonyl (C=O) groups excluding carboxylic acids is 2. The zero-order chi connectivity index (χ0) is 25.6. The van der Waals surface area contributed by atoms with E-state index in [1.54, 1.807) is 26.2 Å². The lowest BCUT2D eigenvalue weighted by Crippen LogP contribution is -2.38. The number of aliphatic imine (C=N–C) groups is 1. The summed E-state index contributed by atoms with van der Waals surface area (Å²) in [6.45, 7) is 1.63. The summed E-state index contributed by atoms with van der Waals surface area (Å²) in [5.41, 5.74) is 19.6. The standard InChI is InChI=1S/C24H41N7O4/c1-31(2)30-23(33)19-15-18(22(32)29-17-9-4-3-5-10-17)20(35-14-8-12-28-24(26)27)16-21(19)34-13-7-6-11-25/h15-17H,3-14,25H2,1-2H3,(H,29,32)(H,30,33)(H4,26,27,28). The molecule has 0 heterocycles. The van der Waals surface area contributed by atoms with E-state index in [0.717, 1.165) is 38.5 Å².